The summed E-state index contributed by atoms with van der Waals surface area (Å²) in [7, 11) is -5.66. The molecule has 0 aromatic heterocycles. The highest BCUT2D eigenvalue weighted by molar-refractivity contribution is 7.87. The minimum absolute atomic E-state index is 0.0291. The first kappa shape index (κ1) is 17.6. The van der Waals surface area contributed by atoms with Crippen molar-refractivity contribution >= 4 is 24.5 Å². The number of aliphatic carboxylic acids is 1. The van der Waals surface area contributed by atoms with E-state index in [-0.39, 0.29) is 24.7 Å². The average Bonchev–Trinajstić information content (AvgIpc) is 2.53. The van der Waals surface area contributed by atoms with Gasteiger partial charge in [0.25, 0.3) is 10.2 Å². The van der Waals surface area contributed by atoms with Crippen LogP contribution in [0.15, 0.2) is 0 Å². The molecular weight excluding hydrogens is 300 g/mol. The van der Waals surface area contributed by atoms with Crippen LogP contribution in [0.3, 0.4) is 0 Å². The summed E-state index contributed by atoms with van der Waals surface area (Å²) in [6.07, 6.45) is 0. The van der Waals surface area contributed by atoms with E-state index >= 15 is 0 Å². The van der Waals surface area contributed by atoms with Crippen LogP contribution >= 0.6 is 0 Å². The Balaban J connectivity index is 2.67. The Kier molecular flexibility index (Phi) is 5.02. The third kappa shape index (κ3) is 3.79. The first-order valence-corrected chi connectivity index (χ1v) is 10.9. The number of nitrogens with zero attached hydrogens (tertiary/aromatic N) is 1. The Hall–Kier alpha value is -0.483. The molecule has 1 atom stereocenters. The molecule has 0 aromatic carbocycles. The number of hydrogen-bond acceptors (Lipinski definition) is 4. The van der Waals surface area contributed by atoms with Gasteiger partial charge in [-0.3, -0.25) is 4.79 Å². The van der Waals surface area contributed by atoms with E-state index in [1.165, 1.54) is 0 Å². The van der Waals surface area contributed by atoms with Crippen molar-refractivity contribution in [3.05, 3.63) is 0 Å². The number of nitrogens with one attached hydrogen (secondary N) is 1. The smallest absolute Gasteiger partial charge is 0.323 e. The van der Waals surface area contributed by atoms with Crippen molar-refractivity contribution in [3.63, 3.8) is 0 Å². The SMILES string of the molecule is CC(C)(C)[Si](C)(C)OCCN1C(C(=O)O)CNS1(=O)=O. The molecular formula is C11H24N2O5SSi. The average molecular weight is 324 g/mol. The summed E-state index contributed by atoms with van der Waals surface area (Å²) >= 11 is 0. The fourth-order valence-electron chi connectivity index (χ4n) is 1.63. The third-order valence-electron chi connectivity index (χ3n) is 3.98. The molecule has 1 heterocycles. The fraction of sp³-hybridized carbons (Fsp3) is 0.909. The van der Waals surface area contributed by atoms with E-state index in [4.69, 9.17) is 9.53 Å². The van der Waals surface area contributed by atoms with E-state index in [9.17, 15) is 13.2 Å². The van der Waals surface area contributed by atoms with Gasteiger partial charge in [-0.15, -0.1) is 0 Å². The molecule has 0 bridgehead atoms. The van der Waals surface area contributed by atoms with Crippen LogP contribution in [0.4, 0.5) is 0 Å². The lowest BCUT2D eigenvalue weighted by atomic mass is 10.2. The van der Waals surface area contributed by atoms with Crippen LogP contribution in [0.25, 0.3) is 0 Å². The lowest BCUT2D eigenvalue weighted by Crippen LogP contribution is -2.45. The molecule has 0 saturated carbocycles. The maximum absolute atomic E-state index is 11.7. The molecule has 1 aliphatic rings. The highest BCUT2D eigenvalue weighted by Gasteiger charge is 2.42. The topological polar surface area (TPSA) is 95.9 Å². The first-order chi connectivity index (χ1) is 8.88. The molecule has 20 heavy (non-hydrogen) atoms. The standard InChI is InChI=1S/C11H24N2O5SSi/c1-11(2,3)20(4,5)18-7-6-13-9(10(14)15)8-12-19(13,16)17/h9,12H,6-8H2,1-5H3,(H,14,15). The molecule has 9 heteroatoms. The predicted octanol–water partition coefficient (Wildman–Crippen LogP) is 0.611. The number of rotatable bonds is 5. The lowest BCUT2D eigenvalue weighted by Gasteiger charge is -2.36. The molecule has 0 aromatic rings. The van der Waals surface area contributed by atoms with E-state index in [0.717, 1.165) is 4.31 Å². The second kappa shape index (κ2) is 5.72. The van der Waals surface area contributed by atoms with Crippen molar-refractivity contribution in [3.8, 4) is 0 Å². The highest BCUT2D eigenvalue weighted by atomic mass is 32.2. The number of carboxylic acid groups (broad SMARTS) is 1. The molecule has 1 rings (SSSR count). The van der Waals surface area contributed by atoms with Crippen molar-refractivity contribution in [2.45, 2.75) is 44.9 Å². The van der Waals surface area contributed by atoms with E-state index in [1.54, 1.807) is 0 Å². The van der Waals surface area contributed by atoms with Crippen molar-refractivity contribution in [2.75, 3.05) is 19.7 Å². The van der Waals surface area contributed by atoms with Gasteiger partial charge < -0.3 is 9.53 Å². The first-order valence-electron chi connectivity index (χ1n) is 6.52. The van der Waals surface area contributed by atoms with E-state index < -0.39 is 30.5 Å². The summed E-state index contributed by atoms with van der Waals surface area (Å²) in [5.41, 5.74) is 0. The lowest BCUT2D eigenvalue weighted by molar-refractivity contribution is -0.140. The normalized spacial score (nSPS) is 23.9. The number of carboxylic acids is 1. The quantitative estimate of drug-likeness (QED) is 0.722. The summed E-state index contributed by atoms with van der Waals surface area (Å²) in [5.74, 6) is -1.15. The van der Waals surface area contributed by atoms with Gasteiger partial charge in [0.15, 0.2) is 8.32 Å². The maximum Gasteiger partial charge on any atom is 0.323 e. The third-order valence-corrected chi connectivity index (χ3v) is 10.1. The second-order valence-electron chi connectivity index (χ2n) is 6.43. The zero-order valence-electron chi connectivity index (χ0n) is 12.6. The Morgan fingerprint density at radius 2 is 2.00 bits per heavy atom. The second-order valence-corrected chi connectivity index (χ2v) is 12.9. The van der Waals surface area contributed by atoms with Crippen LogP contribution in [-0.2, 0) is 19.4 Å². The van der Waals surface area contributed by atoms with Gasteiger partial charge in [0.2, 0.25) is 0 Å². The Labute approximate surface area is 121 Å². The van der Waals surface area contributed by atoms with Gasteiger partial charge in [0, 0.05) is 19.7 Å². The largest absolute Gasteiger partial charge is 0.480 e. The molecule has 1 unspecified atom stereocenters. The van der Waals surface area contributed by atoms with E-state index in [2.05, 4.69) is 38.6 Å². The molecule has 7 nitrogen and oxygen atoms in total. The fourth-order valence-corrected chi connectivity index (χ4v) is 4.01. The van der Waals surface area contributed by atoms with Crippen molar-refractivity contribution in [1.29, 1.82) is 0 Å². The summed E-state index contributed by atoms with van der Waals surface area (Å²) in [6, 6.07) is -1.05. The molecule has 0 aliphatic carbocycles. The van der Waals surface area contributed by atoms with Crippen LogP contribution in [-0.4, -0.2) is 57.9 Å². The van der Waals surface area contributed by atoms with Crippen LogP contribution in [0.1, 0.15) is 20.8 Å². The number of hydrogen-bond donors (Lipinski definition) is 2. The molecule has 0 spiro atoms. The molecule has 2 N–H and O–H groups in total. The van der Waals surface area contributed by atoms with E-state index in [0.29, 0.717) is 0 Å². The highest BCUT2D eigenvalue weighted by Crippen LogP contribution is 2.36. The molecule has 0 radical (unpaired) electrons. The van der Waals surface area contributed by atoms with Gasteiger partial charge in [-0.2, -0.15) is 17.4 Å². The van der Waals surface area contributed by atoms with E-state index in [1.807, 2.05) is 0 Å². The molecule has 1 fully saturated rings. The predicted molar refractivity (Wildman–Crippen MR) is 78.2 cm³/mol. The molecule has 118 valence electrons. The summed E-state index contributed by atoms with van der Waals surface area (Å²) in [5, 5.41) is 9.06. The van der Waals surface area contributed by atoms with Crippen LogP contribution in [0.5, 0.6) is 0 Å². The number of carbonyl (C=O) groups is 1. The molecule has 1 saturated heterocycles. The van der Waals surface area contributed by atoms with Gasteiger partial charge in [0.05, 0.1) is 0 Å². The monoisotopic (exact) mass is 324 g/mol. The zero-order chi connectivity index (χ0) is 15.8. The Morgan fingerprint density at radius 3 is 2.45 bits per heavy atom. The summed E-state index contributed by atoms with van der Waals surface area (Å²) in [6.45, 7) is 10.6. The summed E-state index contributed by atoms with van der Waals surface area (Å²) in [4.78, 5) is 11.0. The zero-order valence-corrected chi connectivity index (χ0v) is 14.5. The van der Waals surface area contributed by atoms with Crippen LogP contribution in [0.2, 0.25) is 18.1 Å². The van der Waals surface area contributed by atoms with Gasteiger partial charge in [-0.05, 0) is 18.1 Å². The van der Waals surface area contributed by atoms with Gasteiger partial charge in [0.1, 0.15) is 6.04 Å². The Bertz CT molecular complexity index is 472. The molecule has 0 amide bonds. The summed E-state index contributed by atoms with van der Waals surface area (Å²) < 4.78 is 32.6. The minimum atomic E-state index is -3.70. The van der Waals surface area contributed by atoms with Crippen molar-refractivity contribution < 1.29 is 22.7 Å². The van der Waals surface area contributed by atoms with Crippen molar-refractivity contribution in [1.82, 2.24) is 9.03 Å². The Morgan fingerprint density at radius 1 is 1.45 bits per heavy atom. The van der Waals surface area contributed by atoms with Crippen LogP contribution < -0.4 is 4.72 Å². The van der Waals surface area contributed by atoms with Gasteiger partial charge >= 0.3 is 5.97 Å². The van der Waals surface area contributed by atoms with Gasteiger partial charge in [-0.25, -0.2) is 0 Å². The van der Waals surface area contributed by atoms with Gasteiger partial charge in [-0.1, -0.05) is 20.8 Å². The van der Waals surface area contributed by atoms with Crippen LogP contribution in [0, 0.1) is 0 Å². The maximum atomic E-state index is 11.7. The van der Waals surface area contributed by atoms with Crippen molar-refractivity contribution in [2.24, 2.45) is 0 Å². The molecule has 1 aliphatic heterocycles. The minimum Gasteiger partial charge on any atom is -0.480 e.